The third-order valence-electron chi connectivity index (χ3n) is 3.50. The Morgan fingerprint density at radius 3 is 2.12 bits per heavy atom. The second-order valence-corrected chi connectivity index (χ2v) is 5.87. The number of carbonyl (C=O) groups is 4. The predicted octanol–water partition coefficient (Wildman–Crippen LogP) is -0.585. The molecule has 1 saturated heterocycles. The van der Waals surface area contributed by atoms with Crippen molar-refractivity contribution in [3.63, 3.8) is 0 Å². The number of aliphatic hydroxyl groups is 1. The van der Waals surface area contributed by atoms with Crippen LogP contribution in [-0.4, -0.2) is 66.2 Å². The third kappa shape index (κ3) is 6.60. The number of hydrogen-bond acceptors (Lipinski definition) is 9. The van der Waals surface area contributed by atoms with Crippen molar-refractivity contribution in [3.05, 3.63) is 0 Å². The van der Waals surface area contributed by atoms with Crippen LogP contribution < -0.4 is 5.32 Å². The number of amides is 1. The summed E-state index contributed by atoms with van der Waals surface area (Å²) in [5.41, 5.74) is 0. The molecule has 10 nitrogen and oxygen atoms in total. The molecule has 0 aromatic carbocycles. The fourth-order valence-corrected chi connectivity index (χ4v) is 2.56. The largest absolute Gasteiger partial charge is 0.463 e. The van der Waals surface area contributed by atoms with Gasteiger partial charge in [-0.3, -0.25) is 19.2 Å². The molecule has 0 bridgehead atoms. The Morgan fingerprint density at radius 2 is 1.62 bits per heavy atom. The van der Waals surface area contributed by atoms with Crippen LogP contribution in [0.2, 0.25) is 0 Å². The van der Waals surface area contributed by atoms with Crippen molar-refractivity contribution >= 4 is 23.8 Å². The molecule has 0 saturated carbocycles. The Bertz CT molecular complexity index is 536. The molecule has 2 unspecified atom stereocenters. The minimum absolute atomic E-state index is 0.190. The molecule has 0 spiro atoms. The maximum absolute atomic E-state index is 11.6. The lowest BCUT2D eigenvalue weighted by molar-refractivity contribution is -0.264. The Morgan fingerprint density at radius 1 is 1.04 bits per heavy atom. The summed E-state index contributed by atoms with van der Waals surface area (Å²) < 4.78 is 20.7. The van der Waals surface area contributed by atoms with Gasteiger partial charge < -0.3 is 29.4 Å². The summed E-state index contributed by atoms with van der Waals surface area (Å²) in [6.07, 6.45) is -4.28. The van der Waals surface area contributed by atoms with E-state index in [-0.39, 0.29) is 13.0 Å². The van der Waals surface area contributed by atoms with Gasteiger partial charge in [0, 0.05) is 27.2 Å². The molecule has 1 aliphatic heterocycles. The minimum Gasteiger partial charge on any atom is -0.463 e. The molecule has 5 atom stereocenters. The van der Waals surface area contributed by atoms with Gasteiger partial charge in [-0.1, -0.05) is 6.92 Å². The maximum Gasteiger partial charge on any atom is 0.305 e. The van der Waals surface area contributed by atoms with Crippen LogP contribution >= 0.6 is 0 Å². The normalized spacial score (nSPS) is 28.0. The van der Waals surface area contributed by atoms with Crippen LogP contribution in [0.3, 0.4) is 0 Å². The van der Waals surface area contributed by atoms with Gasteiger partial charge in [0.05, 0.1) is 0 Å². The lowest BCUT2D eigenvalue weighted by Gasteiger charge is -2.43. The topological polar surface area (TPSA) is 137 Å². The Hall–Kier alpha value is -2.20. The Kier molecular flexibility index (Phi) is 8.46. The van der Waals surface area contributed by atoms with Gasteiger partial charge >= 0.3 is 17.9 Å². The maximum atomic E-state index is 11.6. The number of rotatable bonds is 7. The summed E-state index contributed by atoms with van der Waals surface area (Å²) in [6.45, 7) is 4.96. The molecule has 1 aliphatic rings. The second kappa shape index (κ2) is 10.1. The number of nitrogens with one attached hydrogen (secondary N) is 1. The molecule has 1 amide bonds. The number of hydrogen-bond donors (Lipinski definition) is 2. The lowest BCUT2D eigenvalue weighted by atomic mass is 9.96. The van der Waals surface area contributed by atoms with Gasteiger partial charge in [-0.05, 0) is 6.42 Å². The summed E-state index contributed by atoms with van der Waals surface area (Å²) in [5.74, 6) is -2.40. The van der Waals surface area contributed by atoms with Gasteiger partial charge in [0.1, 0.15) is 18.8 Å². The predicted molar refractivity (Wildman–Crippen MR) is 85.5 cm³/mol. The molecular formula is C16H25NO9. The SMILES string of the molecule is CCCC(=O)OC[C@H]1OC(O)[C@@H](NC(C)=O)C(OC(C)=O)[C@@H]1OC(C)=O. The molecule has 0 aromatic heterocycles. The van der Waals surface area contributed by atoms with E-state index in [4.69, 9.17) is 18.9 Å². The van der Waals surface area contributed by atoms with Gasteiger partial charge in [-0.25, -0.2) is 0 Å². The summed E-state index contributed by atoms with van der Waals surface area (Å²) >= 11 is 0. The number of esters is 3. The summed E-state index contributed by atoms with van der Waals surface area (Å²) in [5, 5.41) is 12.6. The van der Waals surface area contributed by atoms with Crippen LogP contribution in [0, 0.1) is 0 Å². The first-order valence-electron chi connectivity index (χ1n) is 8.26. The van der Waals surface area contributed by atoms with E-state index in [0.717, 1.165) is 13.8 Å². The van der Waals surface area contributed by atoms with Gasteiger partial charge in [0.15, 0.2) is 18.5 Å². The van der Waals surface area contributed by atoms with E-state index < -0.39 is 54.5 Å². The molecule has 10 heteroatoms. The number of carbonyl (C=O) groups excluding carboxylic acids is 4. The molecule has 1 fully saturated rings. The van der Waals surface area contributed by atoms with Gasteiger partial charge in [-0.2, -0.15) is 0 Å². The van der Waals surface area contributed by atoms with E-state index in [1.165, 1.54) is 6.92 Å². The highest BCUT2D eigenvalue weighted by atomic mass is 16.7. The zero-order chi connectivity index (χ0) is 19.9. The average molecular weight is 375 g/mol. The molecule has 148 valence electrons. The minimum atomic E-state index is -1.56. The summed E-state index contributed by atoms with van der Waals surface area (Å²) in [4.78, 5) is 45.9. The van der Waals surface area contributed by atoms with Crippen molar-refractivity contribution in [2.24, 2.45) is 0 Å². The first kappa shape index (κ1) is 21.8. The highest BCUT2D eigenvalue weighted by Crippen LogP contribution is 2.26. The fourth-order valence-electron chi connectivity index (χ4n) is 2.56. The van der Waals surface area contributed by atoms with E-state index in [9.17, 15) is 24.3 Å². The quantitative estimate of drug-likeness (QED) is 0.442. The van der Waals surface area contributed by atoms with Crippen LogP contribution in [0.25, 0.3) is 0 Å². The molecule has 26 heavy (non-hydrogen) atoms. The van der Waals surface area contributed by atoms with Gasteiger partial charge in [0.25, 0.3) is 0 Å². The van der Waals surface area contributed by atoms with Crippen molar-refractivity contribution in [1.29, 1.82) is 0 Å². The lowest BCUT2D eigenvalue weighted by Crippen LogP contribution is -2.66. The van der Waals surface area contributed by atoms with E-state index in [1.54, 1.807) is 6.92 Å². The van der Waals surface area contributed by atoms with Gasteiger partial charge in [0.2, 0.25) is 5.91 Å². The molecular weight excluding hydrogens is 350 g/mol. The van der Waals surface area contributed by atoms with E-state index in [2.05, 4.69) is 5.32 Å². The molecule has 0 aliphatic carbocycles. The summed E-state index contributed by atoms with van der Waals surface area (Å²) in [7, 11) is 0. The highest BCUT2D eigenvalue weighted by molar-refractivity contribution is 5.73. The van der Waals surface area contributed by atoms with Crippen molar-refractivity contribution in [3.8, 4) is 0 Å². The Labute approximate surface area is 151 Å². The van der Waals surface area contributed by atoms with Crippen LogP contribution in [0.5, 0.6) is 0 Å². The first-order valence-corrected chi connectivity index (χ1v) is 8.26. The van der Waals surface area contributed by atoms with Crippen molar-refractivity contribution in [1.82, 2.24) is 5.32 Å². The monoisotopic (exact) mass is 375 g/mol. The van der Waals surface area contributed by atoms with Crippen molar-refractivity contribution < 1.29 is 43.2 Å². The smallest absolute Gasteiger partial charge is 0.305 e. The average Bonchev–Trinajstić information content (AvgIpc) is 2.51. The number of aliphatic hydroxyl groups excluding tert-OH is 1. The van der Waals surface area contributed by atoms with E-state index in [0.29, 0.717) is 6.42 Å². The summed E-state index contributed by atoms with van der Waals surface area (Å²) in [6, 6.07) is -1.16. The second-order valence-electron chi connectivity index (χ2n) is 5.87. The third-order valence-corrected chi connectivity index (χ3v) is 3.50. The van der Waals surface area contributed by atoms with Crippen LogP contribution in [-0.2, 0) is 38.1 Å². The van der Waals surface area contributed by atoms with Gasteiger partial charge in [-0.15, -0.1) is 0 Å². The molecule has 2 N–H and O–H groups in total. The van der Waals surface area contributed by atoms with Crippen LogP contribution in [0.4, 0.5) is 0 Å². The zero-order valence-electron chi connectivity index (χ0n) is 15.2. The standard InChI is InChI=1S/C16H25NO9/c1-5-6-12(21)23-7-11-14(24-9(3)19)15(25-10(4)20)13(16(22)26-11)17-8(2)18/h11,13-16,22H,5-7H2,1-4H3,(H,17,18)/t11-,13+,14-,15?,16?/m1/s1. The van der Waals surface area contributed by atoms with Crippen LogP contribution in [0.15, 0.2) is 0 Å². The first-order chi connectivity index (χ1) is 12.1. The Balaban J connectivity index is 3.05. The van der Waals surface area contributed by atoms with Crippen molar-refractivity contribution in [2.75, 3.05) is 6.61 Å². The zero-order valence-corrected chi connectivity index (χ0v) is 15.2. The van der Waals surface area contributed by atoms with E-state index in [1.807, 2.05) is 0 Å². The molecule has 0 radical (unpaired) electrons. The molecule has 1 heterocycles. The fraction of sp³-hybridized carbons (Fsp3) is 0.750. The van der Waals surface area contributed by atoms with E-state index >= 15 is 0 Å². The molecule has 1 rings (SSSR count). The number of ether oxygens (including phenoxy) is 4. The van der Waals surface area contributed by atoms with Crippen molar-refractivity contribution in [2.45, 2.75) is 71.2 Å². The van der Waals surface area contributed by atoms with Crippen LogP contribution in [0.1, 0.15) is 40.5 Å². The molecule has 0 aromatic rings. The highest BCUT2D eigenvalue weighted by Gasteiger charge is 2.50.